The first-order valence-electron chi connectivity index (χ1n) is 7.96. The lowest BCUT2D eigenvalue weighted by molar-refractivity contribution is 0.387. The number of anilines is 1. The molecule has 1 N–H and O–H groups in total. The summed E-state index contributed by atoms with van der Waals surface area (Å²) in [5.41, 5.74) is 1.67. The lowest BCUT2D eigenvalue weighted by Gasteiger charge is -2.34. The Kier molecular flexibility index (Phi) is 4.62. The summed E-state index contributed by atoms with van der Waals surface area (Å²) < 4.78 is 38.4. The molecule has 5 nitrogen and oxygen atoms in total. The van der Waals surface area contributed by atoms with Crippen LogP contribution in [0.2, 0.25) is 0 Å². The third kappa shape index (κ3) is 3.61. The Morgan fingerprint density at radius 1 is 1.42 bits per heavy atom. The molecule has 1 aliphatic heterocycles. The van der Waals surface area contributed by atoms with E-state index in [0.717, 1.165) is 37.0 Å². The van der Waals surface area contributed by atoms with Crippen molar-refractivity contribution in [2.75, 3.05) is 37.1 Å². The normalized spacial score (nSPS) is 18.5. The number of fused-ring (bicyclic) bond motifs is 1. The van der Waals surface area contributed by atoms with Gasteiger partial charge >= 0.3 is 0 Å². The molecule has 0 saturated carbocycles. The van der Waals surface area contributed by atoms with Gasteiger partial charge in [0.25, 0.3) is 0 Å². The average molecular weight is 351 g/mol. The van der Waals surface area contributed by atoms with E-state index in [2.05, 4.69) is 9.88 Å². The summed E-state index contributed by atoms with van der Waals surface area (Å²) in [4.78, 5) is 6.53. The summed E-state index contributed by atoms with van der Waals surface area (Å²) in [5, 5.41) is 0.772. The largest absolute Gasteiger partial charge is 0.494 e. The van der Waals surface area contributed by atoms with E-state index in [0.29, 0.717) is 17.2 Å². The molecule has 0 aliphatic carbocycles. The van der Waals surface area contributed by atoms with E-state index in [1.807, 2.05) is 6.07 Å². The van der Waals surface area contributed by atoms with Crippen molar-refractivity contribution in [1.82, 2.24) is 4.98 Å². The molecule has 3 rings (SSSR count). The van der Waals surface area contributed by atoms with E-state index in [4.69, 9.17) is 9.52 Å². The topological polar surface area (TPSA) is 66.3 Å². The van der Waals surface area contributed by atoms with Crippen LogP contribution in [0.5, 0.6) is 5.75 Å². The van der Waals surface area contributed by atoms with Crippen molar-refractivity contribution < 1.29 is 13.3 Å². The lowest BCUT2D eigenvalue weighted by atomic mass is 9.98. The van der Waals surface area contributed by atoms with Gasteiger partial charge in [0, 0.05) is 58.2 Å². The number of rotatable bonds is 4. The van der Waals surface area contributed by atoms with Crippen LogP contribution in [0.1, 0.15) is 12.8 Å². The minimum atomic E-state index is -2.45. The lowest BCUT2D eigenvalue weighted by Crippen LogP contribution is -2.35. The third-order valence-electron chi connectivity index (χ3n) is 4.50. The van der Waals surface area contributed by atoms with Crippen molar-refractivity contribution in [3.63, 3.8) is 0 Å². The molecule has 24 heavy (non-hydrogen) atoms. The van der Waals surface area contributed by atoms with Crippen LogP contribution in [0.3, 0.4) is 0 Å². The molecule has 7 heteroatoms. The van der Waals surface area contributed by atoms with Gasteiger partial charge in [-0.2, -0.15) is 0 Å². The Hall–Kier alpha value is -1.89. The number of aromatic nitrogens is 1. The van der Waals surface area contributed by atoms with Crippen LogP contribution >= 0.6 is 0 Å². The number of pyridine rings is 1. The van der Waals surface area contributed by atoms with E-state index in [1.54, 1.807) is 12.3 Å². The molecule has 0 spiro atoms. The molecule has 1 aromatic heterocycles. The zero-order valence-corrected chi connectivity index (χ0v) is 14.7. The Balaban J connectivity index is 1.84. The second-order valence-corrected chi connectivity index (χ2v) is 8.78. The molecule has 0 unspecified atom stereocenters. The summed E-state index contributed by atoms with van der Waals surface area (Å²) in [7, 11) is -1.00. The van der Waals surface area contributed by atoms with Crippen LogP contribution in [0.15, 0.2) is 24.4 Å². The standard InChI is InChI=1S/C17H22FN3O2S/c1-23-17-10-15-13(9-14(17)18)16(3-6-20-15)21-7-4-12(5-8-21)11-24(2,19)22/h3,6,9-10,12,19H,4-5,7-8,11H2,1-2H3/t24-/m1/s1. The van der Waals surface area contributed by atoms with Crippen molar-refractivity contribution in [1.29, 1.82) is 4.78 Å². The second kappa shape index (κ2) is 6.55. The number of nitrogens with zero attached hydrogens (tertiary/aromatic N) is 2. The first-order valence-corrected chi connectivity index (χ1v) is 10.1. The van der Waals surface area contributed by atoms with E-state index in [9.17, 15) is 8.60 Å². The Bertz CT molecular complexity index is 846. The molecular formula is C17H22FN3O2S. The molecule has 1 saturated heterocycles. The predicted molar refractivity (Wildman–Crippen MR) is 94.8 cm³/mol. The minimum absolute atomic E-state index is 0.194. The van der Waals surface area contributed by atoms with E-state index in [-0.39, 0.29) is 5.75 Å². The fourth-order valence-corrected chi connectivity index (χ4v) is 4.59. The third-order valence-corrected chi connectivity index (χ3v) is 5.61. The van der Waals surface area contributed by atoms with Crippen LogP contribution in [-0.2, 0) is 9.73 Å². The van der Waals surface area contributed by atoms with Crippen molar-refractivity contribution >= 4 is 26.3 Å². The summed E-state index contributed by atoms with van der Waals surface area (Å²) in [6.07, 6.45) is 5.02. The maximum absolute atomic E-state index is 14.1. The smallest absolute Gasteiger partial charge is 0.165 e. The summed E-state index contributed by atoms with van der Waals surface area (Å²) in [6, 6.07) is 5.00. The molecule has 1 fully saturated rings. The van der Waals surface area contributed by atoms with E-state index < -0.39 is 15.5 Å². The molecule has 2 heterocycles. The summed E-state index contributed by atoms with van der Waals surface area (Å²) in [5.74, 6) is 0.582. The quantitative estimate of drug-likeness (QED) is 0.918. The molecule has 1 atom stereocenters. The van der Waals surface area contributed by atoms with E-state index in [1.165, 1.54) is 19.4 Å². The van der Waals surface area contributed by atoms with Gasteiger partial charge < -0.3 is 9.64 Å². The average Bonchev–Trinajstić information content (AvgIpc) is 2.53. The number of halogens is 1. The maximum Gasteiger partial charge on any atom is 0.165 e. The Morgan fingerprint density at radius 2 is 2.12 bits per heavy atom. The van der Waals surface area contributed by atoms with Crippen molar-refractivity contribution in [2.45, 2.75) is 12.8 Å². The zero-order valence-electron chi connectivity index (χ0n) is 13.9. The molecule has 0 bridgehead atoms. The number of hydrogen-bond acceptors (Lipinski definition) is 5. The predicted octanol–water partition coefficient (Wildman–Crippen LogP) is 3.28. The van der Waals surface area contributed by atoms with Gasteiger partial charge in [0.2, 0.25) is 0 Å². The number of nitrogens with one attached hydrogen (secondary N) is 1. The fraction of sp³-hybridized carbons (Fsp3) is 0.471. The van der Waals surface area contributed by atoms with Crippen molar-refractivity contribution in [3.05, 3.63) is 30.2 Å². The Labute approximate surface area is 141 Å². The van der Waals surface area contributed by atoms with Gasteiger partial charge in [0.15, 0.2) is 11.6 Å². The monoisotopic (exact) mass is 351 g/mol. The number of methoxy groups -OCH3 is 1. The fourth-order valence-electron chi connectivity index (χ4n) is 3.36. The SMILES string of the molecule is COc1cc2nccc(N3CCC(C[S@](C)(=N)=O)CC3)c2cc1F. The summed E-state index contributed by atoms with van der Waals surface area (Å²) >= 11 is 0. The highest BCUT2D eigenvalue weighted by Crippen LogP contribution is 2.32. The number of benzene rings is 1. The zero-order chi connectivity index (χ0) is 17.3. The first kappa shape index (κ1) is 17.0. The number of piperidine rings is 1. The van der Waals surface area contributed by atoms with Crippen LogP contribution in [0.25, 0.3) is 10.9 Å². The Morgan fingerprint density at radius 3 is 2.75 bits per heavy atom. The summed E-state index contributed by atoms with van der Waals surface area (Å²) in [6.45, 7) is 1.62. The van der Waals surface area contributed by atoms with Crippen molar-refractivity contribution in [3.8, 4) is 5.75 Å². The van der Waals surface area contributed by atoms with Gasteiger partial charge in [0.1, 0.15) is 0 Å². The van der Waals surface area contributed by atoms with Gasteiger partial charge in [-0.3, -0.25) is 14.0 Å². The molecule has 2 aromatic rings. The minimum Gasteiger partial charge on any atom is -0.494 e. The van der Waals surface area contributed by atoms with Crippen LogP contribution in [-0.4, -0.2) is 41.4 Å². The van der Waals surface area contributed by atoms with Gasteiger partial charge in [-0.25, -0.2) is 4.39 Å². The molecule has 130 valence electrons. The molecule has 1 aliphatic rings. The van der Waals surface area contributed by atoms with Gasteiger partial charge in [-0.05, 0) is 30.9 Å². The van der Waals surface area contributed by atoms with Crippen LogP contribution < -0.4 is 9.64 Å². The van der Waals surface area contributed by atoms with E-state index >= 15 is 0 Å². The van der Waals surface area contributed by atoms with Crippen LogP contribution in [0, 0.1) is 16.5 Å². The van der Waals surface area contributed by atoms with Crippen molar-refractivity contribution in [2.24, 2.45) is 5.92 Å². The molecular weight excluding hydrogens is 329 g/mol. The molecule has 0 radical (unpaired) electrons. The van der Waals surface area contributed by atoms with Crippen LogP contribution in [0.4, 0.5) is 10.1 Å². The highest BCUT2D eigenvalue weighted by atomic mass is 32.2. The molecule has 0 amide bonds. The first-order chi connectivity index (χ1) is 11.4. The van der Waals surface area contributed by atoms with Gasteiger partial charge in [-0.1, -0.05) is 0 Å². The number of hydrogen-bond donors (Lipinski definition) is 1. The molecule has 1 aromatic carbocycles. The second-order valence-electron chi connectivity index (χ2n) is 6.44. The highest BCUT2D eigenvalue weighted by Gasteiger charge is 2.23. The number of ether oxygens (including phenoxy) is 1. The maximum atomic E-state index is 14.1. The van der Waals surface area contributed by atoms with Gasteiger partial charge in [0.05, 0.1) is 12.6 Å². The highest BCUT2D eigenvalue weighted by molar-refractivity contribution is 7.91. The van der Waals surface area contributed by atoms with Gasteiger partial charge in [-0.15, -0.1) is 0 Å².